The van der Waals surface area contributed by atoms with Gasteiger partial charge in [-0.05, 0) is 31.4 Å². The second kappa shape index (κ2) is 8.36. The second-order valence-electron chi connectivity index (χ2n) is 3.87. The van der Waals surface area contributed by atoms with Gasteiger partial charge in [-0.2, -0.15) is 0 Å². The van der Waals surface area contributed by atoms with Crippen LogP contribution in [0.1, 0.15) is 19.3 Å². The average molecular weight is 253 g/mol. The topological polar surface area (TPSA) is 81.8 Å². The predicted octanol–water partition coefficient (Wildman–Crippen LogP) is 1.35. The van der Waals surface area contributed by atoms with Crippen molar-refractivity contribution in [2.45, 2.75) is 19.3 Å². The van der Waals surface area contributed by atoms with Gasteiger partial charge in [-0.25, -0.2) is 4.79 Å². The minimum absolute atomic E-state index is 0.122. The van der Waals surface area contributed by atoms with Crippen molar-refractivity contribution in [3.8, 4) is 5.75 Å². The Morgan fingerprint density at radius 2 is 2.11 bits per heavy atom. The minimum atomic E-state index is -0.401. The zero-order valence-electron chi connectivity index (χ0n) is 10.3. The molecular weight excluding hydrogens is 234 g/mol. The number of carbonyl (C=O) groups is 1. The normalized spacial score (nSPS) is 10.1. The molecule has 0 aromatic heterocycles. The van der Waals surface area contributed by atoms with Crippen LogP contribution in [-0.4, -0.2) is 30.9 Å². The largest absolute Gasteiger partial charge is 0.482 e. The highest BCUT2D eigenvalue weighted by molar-refractivity contribution is 5.71. The van der Waals surface area contributed by atoms with E-state index in [9.17, 15) is 4.79 Å². The summed E-state index contributed by atoms with van der Waals surface area (Å²) >= 11 is 0. The van der Waals surface area contributed by atoms with E-state index < -0.39 is 5.97 Å². The van der Waals surface area contributed by atoms with Crippen molar-refractivity contribution in [2.24, 2.45) is 0 Å². The molecule has 0 bridgehead atoms. The smallest absolute Gasteiger partial charge is 0.344 e. The van der Waals surface area contributed by atoms with Gasteiger partial charge in [0.2, 0.25) is 0 Å². The zero-order chi connectivity index (χ0) is 13.2. The molecule has 0 aliphatic carbocycles. The lowest BCUT2D eigenvalue weighted by atomic mass is 10.2. The Labute approximate surface area is 107 Å². The van der Waals surface area contributed by atoms with E-state index in [1.54, 1.807) is 24.3 Å². The minimum Gasteiger partial charge on any atom is -0.482 e. The molecule has 3 N–H and O–H groups in total. The summed E-state index contributed by atoms with van der Waals surface area (Å²) in [4.78, 5) is 11.3. The molecule has 0 spiro atoms. The van der Waals surface area contributed by atoms with Crippen LogP contribution in [0.15, 0.2) is 24.3 Å². The van der Waals surface area contributed by atoms with Gasteiger partial charge in [0.15, 0.2) is 6.61 Å². The van der Waals surface area contributed by atoms with Gasteiger partial charge in [-0.15, -0.1) is 0 Å². The molecule has 5 heteroatoms. The number of anilines is 1. The van der Waals surface area contributed by atoms with Crippen molar-refractivity contribution < 1.29 is 19.4 Å². The molecule has 0 saturated heterocycles. The molecule has 1 rings (SSSR count). The monoisotopic (exact) mass is 253 g/mol. The van der Waals surface area contributed by atoms with Crippen LogP contribution < -0.4 is 10.5 Å². The van der Waals surface area contributed by atoms with E-state index in [-0.39, 0.29) is 13.2 Å². The third kappa shape index (κ3) is 6.10. The van der Waals surface area contributed by atoms with Gasteiger partial charge in [0.25, 0.3) is 0 Å². The molecule has 1 aromatic rings. The summed E-state index contributed by atoms with van der Waals surface area (Å²) in [5.74, 6) is 0.147. The highest BCUT2D eigenvalue weighted by Crippen LogP contribution is 2.14. The first-order valence-corrected chi connectivity index (χ1v) is 5.97. The van der Waals surface area contributed by atoms with Gasteiger partial charge in [0.05, 0.1) is 6.61 Å². The number of aliphatic hydroxyl groups is 1. The molecule has 0 aliphatic heterocycles. The van der Waals surface area contributed by atoms with Gasteiger partial charge < -0.3 is 20.3 Å². The molecule has 18 heavy (non-hydrogen) atoms. The van der Waals surface area contributed by atoms with Crippen molar-refractivity contribution in [3.63, 3.8) is 0 Å². The number of nitrogen functional groups attached to an aromatic ring is 1. The predicted molar refractivity (Wildman–Crippen MR) is 68.2 cm³/mol. The molecule has 0 atom stereocenters. The summed E-state index contributed by atoms with van der Waals surface area (Å²) in [7, 11) is 0. The maximum absolute atomic E-state index is 11.3. The van der Waals surface area contributed by atoms with Crippen LogP contribution in [0.3, 0.4) is 0 Å². The summed E-state index contributed by atoms with van der Waals surface area (Å²) in [6.07, 6.45) is 2.34. The lowest BCUT2D eigenvalue weighted by Crippen LogP contribution is -2.15. The van der Waals surface area contributed by atoms with Crippen LogP contribution in [0.25, 0.3) is 0 Å². The molecule has 0 radical (unpaired) electrons. The summed E-state index contributed by atoms with van der Waals surface area (Å²) in [5, 5.41) is 8.57. The summed E-state index contributed by atoms with van der Waals surface area (Å²) in [6, 6.07) is 6.87. The molecule has 1 aromatic carbocycles. The van der Waals surface area contributed by atoms with E-state index in [4.69, 9.17) is 20.3 Å². The third-order valence-electron chi connectivity index (χ3n) is 2.28. The number of carbonyl (C=O) groups excluding carboxylic acids is 1. The molecule has 100 valence electrons. The third-order valence-corrected chi connectivity index (χ3v) is 2.28. The van der Waals surface area contributed by atoms with Crippen LogP contribution in [0.2, 0.25) is 0 Å². The van der Waals surface area contributed by atoms with E-state index in [1.807, 2.05) is 0 Å². The van der Waals surface area contributed by atoms with E-state index in [2.05, 4.69) is 0 Å². The van der Waals surface area contributed by atoms with Crippen LogP contribution in [0.4, 0.5) is 5.69 Å². The number of aliphatic hydroxyl groups excluding tert-OH is 1. The summed E-state index contributed by atoms with van der Waals surface area (Å²) < 4.78 is 10.2. The maximum Gasteiger partial charge on any atom is 0.344 e. The van der Waals surface area contributed by atoms with E-state index >= 15 is 0 Å². The maximum atomic E-state index is 11.3. The molecule has 0 amide bonds. The highest BCUT2D eigenvalue weighted by atomic mass is 16.6. The Bertz CT molecular complexity index is 368. The van der Waals surface area contributed by atoms with Crippen LogP contribution >= 0.6 is 0 Å². The quantitative estimate of drug-likeness (QED) is 0.415. The highest BCUT2D eigenvalue weighted by Gasteiger charge is 2.04. The number of hydrogen-bond acceptors (Lipinski definition) is 5. The Morgan fingerprint density at radius 3 is 2.83 bits per heavy atom. The number of benzene rings is 1. The van der Waals surface area contributed by atoms with Crippen molar-refractivity contribution >= 4 is 11.7 Å². The van der Waals surface area contributed by atoms with E-state index in [1.165, 1.54) is 0 Å². The lowest BCUT2D eigenvalue weighted by Gasteiger charge is -2.07. The van der Waals surface area contributed by atoms with Crippen molar-refractivity contribution in [2.75, 3.05) is 25.6 Å². The van der Waals surface area contributed by atoms with Crippen LogP contribution in [0.5, 0.6) is 5.75 Å². The number of hydrogen-bond donors (Lipinski definition) is 2. The first kappa shape index (κ1) is 14.3. The second-order valence-corrected chi connectivity index (χ2v) is 3.87. The molecule has 0 heterocycles. The van der Waals surface area contributed by atoms with Crippen molar-refractivity contribution in [3.05, 3.63) is 24.3 Å². The van der Waals surface area contributed by atoms with Crippen molar-refractivity contribution in [1.29, 1.82) is 0 Å². The fourth-order valence-corrected chi connectivity index (χ4v) is 1.36. The number of esters is 1. The summed E-state index contributed by atoms with van der Waals surface area (Å²) in [6.45, 7) is 0.412. The fraction of sp³-hybridized carbons (Fsp3) is 0.462. The lowest BCUT2D eigenvalue weighted by molar-refractivity contribution is -0.146. The Kier molecular flexibility index (Phi) is 6.64. The summed E-state index contributed by atoms with van der Waals surface area (Å²) in [5.41, 5.74) is 6.16. The van der Waals surface area contributed by atoms with E-state index in [0.717, 1.165) is 19.3 Å². The number of rotatable bonds is 8. The Morgan fingerprint density at radius 1 is 1.28 bits per heavy atom. The molecule has 0 aliphatic rings. The van der Waals surface area contributed by atoms with Crippen LogP contribution in [-0.2, 0) is 9.53 Å². The SMILES string of the molecule is Nc1cccc(OCC(=O)OCCCCCO)c1. The van der Waals surface area contributed by atoms with Gasteiger partial charge in [0.1, 0.15) is 5.75 Å². The molecule has 0 unspecified atom stereocenters. The molecule has 0 fully saturated rings. The first-order chi connectivity index (χ1) is 8.72. The van der Waals surface area contributed by atoms with Gasteiger partial charge in [-0.1, -0.05) is 6.07 Å². The van der Waals surface area contributed by atoms with Crippen LogP contribution in [0, 0.1) is 0 Å². The van der Waals surface area contributed by atoms with E-state index in [0.29, 0.717) is 18.0 Å². The number of unbranched alkanes of at least 4 members (excludes halogenated alkanes) is 2. The molecule has 5 nitrogen and oxygen atoms in total. The Balaban J connectivity index is 2.13. The average Bonchev–Trinajstić information content (AvgIpc) is 2.36. The van der Waals surface area contributed by atoms with Gasteiger partial charge in [-0.3, -0.25) is 0 Å². The first-order valence-electron chi connectivity index (χ1n) is 5.97. The zero-order valence-corrected chi connectivity index (χ0v) is 10.3. The Hall–Kier alpha value is -1.75. The number of nitrogens with two attached hydrogens (primary N) is 1. The van der Waals surface area contributed by atoms with Gasteiger partial charge in [0, 0.05) is 18.4 Å². The van der Waals surface area contributed by atoms with Gasteiger partial charge >= 0.3 is 5.97 Å². The standard InChI is InChI=1S/C13H19NO4/c14-11-5-4-6-12(9-11)18-10-13(16)17-8-3-1-2-7-15/h4-6,9,15H,1-3,7-8,10,14H2. The molecule has 0 saturated carbocycles. The van der Waals surface area contributed by atoms with Crippen molar-refractivity contribution in [1.82, 2.24) is 0 Å². The number of ether oxygens (including phenoxy) is 2. The molecular formula is C13H19NO4. The fourth-order valence-electron chi connectivity index (χ4n) is 1.36.